The van der Waals surface area contributed by atoms with Gasteiger partial charge in [-0.05, 0) is 67.6 Å². The van der Waals surface area contributed by atoms with Crippen molar-refractivity contribution in [1.29, 1.82) is 0 Å². The molecule has 0 aromatic heterocycles. The lowest BCUT2D eigenvalue weighted by Gasteiger charge is -2.28. The molecule has 2 fully saturated rings. The molecule has 4 rings (SSSR count). The van der Waals surface area contributed by atoms with Crippen molar-refractivity contribution in [3.05, 3.63) is 59.7 Å². The summed E-state index contributed by atoms with van der Waals surface area (Å²) in [6.07, 6.45) is 4.07. The monoisotopic (exact) mass is 413 g/mol. The van der Waals surface area contributed by atoms with Crippen LogP contribution < -0.4 is 14.5 Å². The second-order valence-corrected chi connectivity index (χ2v) is 9.70. The number of rotatable bonds is 5. The van der Waals surface area contributed by atoms with E-state index < -0.39 is 10.0 Å². The van der Waals surface area contributed by atoms with Crippen molar-refractivity contribution in [1.82, 2.24) is 5.32 Å². The molecule has 2 saturated heterocycles. The van der Waals surface area contributed by atoms with E-state index in [0.29, 0.717) is 30.8 Å². The first-order valence-corrected chi connectivity index (χ1v) is 11.9. The van der Waals surface area contributed by atoms with Gasteiger partial charge in [-0.1, -0.05) is 12.1 Å². The predicted octanol–water partition coefficient (Wildman–Crippen LogP) is 3.15. The van der Waals surface area contributed by atoms with E-state index in [2.05, 4.69) is 34.5 Å². The lowest BCUT2D eigenvalue weighted by Crippen LogP contribution is -2.37. The molecule has 7 heteroatoms. The van der Waals surface area contributed by atoms with Gasteiger partial charge >= 0.3 is 0 Å². The number of nitrogens with one attached hydrogen (secondary N) is 1. The fraction of sp³-hybridized carbons (Fsp3) is 0.409. The number of carbonyl (C=O) groups is 1. The zero-order valence-corrected chi connectivity index (χ0v) is 17.3. The summed E-state index contributed by atoms with van der Waals surface area (Å²) in [6.45, 7) is 3.19. The molecule has 29 heavy (non-hydrogen) atoms. The molecule has 6 nitrogen and oxygen atoms in total. The number of benzene rings is 2. The number of nitrogens with zero attached hydrogens (tertiary/aromatic N) is 2. The Bertz CT molecular complexity index is 950. The zero-order chi connectivity index (χ0) is 20.3. The largest absolute Gasteiger partial charge is 0.372 e. The summed E-state index contributed by atoms with van der Waals surface area (Å²) < 4.78 is 25.9. The first kappa shape index (κ1) is 19.8. The summed E-state index contributed by atoms with van der Waals surface area (Å²) in [5, 5.41) is 2.94. The van der Waals surface area contributed by atoms with E-state index in [1.54, 1.807) is 24.3 Å². The van der Waals surface area contributed by atoms with Crippen LogP contribution in [-0.2, 0) is 16.6 Å². The molecule has 2 aliphatic heterocycles. The molecule has 0 aliphatic carbocycles. The number of anilines is 2. The van der Waals surface area contributed by atoms with Crippen molar-refractivity contribution in [3.8, 4) is 0 Å². The van der Waals surface area contributed by atoms with Crippen LogP contribution in [0.15, 0.2) is 48.5 Å². The van der Waals surface area contributed by atoms with Gasteiger partial charge in [0, 0.05) is 37.4 Å². The zero-order valence-electron chi connectivity index (χ0n) is 16.5. The van der Waals surface area contributed by atoms with Crippen LogP contribution >= 0.6 is 0 Å². The van der Waals surface area contributed by atoms with Crippen LogP contribution in [0.3, 0.4) is 0 Å². The van der Waals surface area contributed by atoms with Gasteiger partial charge in [0.1, 0.15) is 0 Å². The number of hydrogen-bond donors (Lipinski definition) is 1. The van der Waals surface area contributed by atoms with E-state index in [1.807, 2.05) is 0 Å². The van der Waals surface area contributed by atoms with Crippen LogP contribution in [0.2, 0.25) is 0 Å². The minimum Gasteiger partial charge on any atom is -0.372 e. The second kappa shape index (κ2) is 8.45. The number of carbonyl (C=O) groups excluding carboxylic acids is 1. The van der Waals surface area contributed by atoms with Gasteiger partial charge in [0.15, 0.2) is 0 Å². The lowest BCUT2D eigenvalue weighted by molar-refractivity contribution is 0.0951. The highest BCUT2D eigenvalue weighted by Crippen LogP contribution is 2.24. The van der Waals surface area contributed by atoms with Gasteiger partial charge in [0.05, 0.1) is 11.4 Å². The third-order valence-electron chi connectivity index (χ3n) is 5.63. The molecule has 0 saturated carbocycles. The molecule has 0 radical (unpaired) electrons. The van der Waals surface area contributed by atoms with Crippen LogP contribution in [0.4, 0.5) is 11.4 Å². The Hall–Kier alpha value is -2.54. The molecule has 2 aromatic rings. The topological polar surface area (TPSA) is 69.7 Å². The SMILES string of the molecule is O=C(NCc1ccc(N2CCCC2)cc1)c1ccc(N2CCCCS2(=O)=O)cc1. The van der Waals surface area contributed by atoms with Gasteiger partial charge in [-0.3, -0.25) is 9.10 Å². The van der Waals surface area contributed by atoms with Crippen molar-refractivity contribution < 1.29 is 13.2 Å². The predicted molar refractivity (Wildman–Crippen MR) is 116 cm³/mol. The van der Waals surface area contributed by atoms with Crippen molar-refractivity contribution >= 4 is 27.3 Å². The summed E-state index contributed by atoms with van der Waals surface area (Å²) in [6, 6.07) is 15.1. The lowest BCUT2D eigenvalue weighted by atomic mass is 10.1. The second-order valence-electron chi connectivity index (χ2n) is 7.69. The maximum atomic E-state index is 12.5. The Balaban J connectivity index is 1.35. The third kappa shape index (κ3) is 4.56. The van der Waals surface area contributed by atoms with Crippen LogP contribution in [-0.4, -0.2) is 39.7 Å². The van der Waals surface area contributed by atoms with Crippen LogP contribution in [0.25, 0.3) is 0 Å². The summed E-state index contributed by atoms with van der Waals surface area (Å²) in [4.78, 5) is 14.8. The van der Waals surface area contributed by atoms with Gasteiger partial charge in [-0.25, -0.2) is 8.42 Å². The molecular weight excluding hydrogens is 386 g/mol. The third-order valence-corrected chi connectivity index (χ3v) is 7.50. The van der Waals surface area contributed by atoms with E-state index in [-0.39, 0.29) is 11.7 Å². The van der Waals surface area contributed by atoms with Crippen molar-refractivity contribution in [2.24, 2.45) is 0 Å². The smallest absolute Gasteiger partial charge is 0.251 e. The van der Waals surface area contributed by atoms with Crippen LogP contribution in [0.5, 0.6) is 0 Å². The van der Waals surface area contributed by atoms with Gasteiger partial charge in [0.2, 0.25) is 10.0 Å². The molecule has 2 heterocycles. The minimum absolute atomic E-state index is 0.165. The Labute approximate surface area is 172 Å². The Kier molecular flexibility index (Phi) is 5.76. The molecule has 0 spiro atoms. The highest BCUT2D eigenvalue weighted by molar-refractivity contribution is 7.92. The molecule has 2 aromatic carbocycles. The molecule has 1 N–H and O–H groups in total. The fourth-order valence-electron chi connectivity index (χ4n) is 3.94. The van der Waals surface area contributed by atoms with E-state index in [0.717, 1.165) is 25.1 Å². The highest BCUT2D eigenvalue weighted by atomic mass is 32.2. The highest BCUT2D eigenvalue weighted by Gasteiger charge is 2.26. The van der Waals surface area contributed by atoms with Crippen LogP contribution in [0, 0.1) is 0 Å². The first-order valence-electron chi connectivity index (χ1n) is 10.3. The van der Waals surface area contributed by atoms with E-state index in [1.165, 1.54) is 22.8 Å². The summed E-state index contributed by atoms with van der Waals surface area (Å²) in [7, 11) is -3.24. The summed E-state index contributed by atoms with van der Waals surface area (Å²) in [5.41, 5.74) is 3.44. The van der Waals surface area contributed by atoms with Crippen LogP contribution in [0.1, 0.15) is 41.6 Å². The van der Waals surface area contributed by atoms with Gasteiger partial charge < -0.3 is 10.2 Å². The summed E-state index contributed by atoms with van der Waals surface area (Å²) >= 11 is 0. The molecule has 0 unspecified atom stereocenters. The average molecular weight is 414 g/mol. The number of sulfonamides is 1. The van der Waals surface area contributed by atoms with E-state index in [9.17, 15) is 13.2 Å². The van der Waals surface area contributed by atoms with Crippen molar-refractivity contribution in [2.75, 3.05) is 34.6 Å². The fourth-order valence-corrected chi connectivity index (χ4v) is 5.58. The quantitative estimate of drug-likeness (QED) is 0.818. The molecule has 0 atom stereocenters. The van der Waals surface area contributed by atoms with Gasteiger partial charge in [-0.15, -0.1) is 0 Å². The van der Waals surface area contributed by atoms with Crippen molar-refractivity contribution in [3.63, 3.8) is 0 Å². The Morgan fingerprint density at radius 1 is 0.828 bits per heavy atom. The normalized spacial score (nSPS) is 18.6. The maximum Gasteiger partial charge on any atom is 0.251 e. The first-order chi connectivity index (χ1) is 14.0. The molecular formula is C22H27N3O3S. The van der Waals surface area contributed by atoms with Gasteiger partial charge in [0.25, 0.3) is 5.91 Å². The average Bonchev–Trinajstić information content (AvgIpc) is 3.27. The molecule has 154 valence electrons. The minimum atomic E-state index is -3.24. The number of hydrogen-bond acceptors (Lipinski definition) is 4. The summed E-state index contributed by atoms with van der Waals surface area (Å²) in [5.74, 6) is 0.0212. The Morgan fingerprint density at radius 3 is 2.10 bits per heavy atom. The number of amides is 1. The van der Waals surface area contributed by atoms with Crippen molar-refractivity contribution in [2.45, 2.75) is 32.2 Å². The molecule has 1 amide bonds. The molecule has 2 aliphatic rings. The van der Waals surface area contributed by atoms with Gasteiger partial charge in [-0.2, -0.15) is 0 Å². The Morgan fingerprint density at radius 2 is 1.45 bits per heavy atom. The van der Waals surface area contributed by atoms with E-state index >= 15 is 0 Å². The maximum absolute atomic E-state index is 12.5. The molecule has 0 bridgehead atoms. The van der Waals surface area contributed by atoms with E-state index in [4.69, 9.17) is 0 Å². The standard InChI is InChI=1S/C22H27N3O3S/c26-22(23-17-18-5-9-20(10-6-18)24-13-1-2-14-24)19-7-11-21(12-8-19)25-15-3-4-16-29(25,27)28/h5-12H,1-4,13-17H2,(H,23,26).